The van der Waals surface area contributed by atoms with Gasteiger partial charge in [0.15, 0.2) is 0 Å². The highest BCUT2D eigenvalue weighted by Crippen LogP contribution is 2.16. The first kappa shape index (κ1) is 12.0. The van der Waals surface area contributed by atoms with E-state index in [1.165, 1.54) is 12.1 Å². The summed E-state index contributed by atoms with van der Waals surface area (Å²) >= 11 is 0. The Bertz CT molecular complexity index is 420. The molecule has 1 heterocycles. The van der Waals surface area contributed by atoms with Crippen LogP contribution in [0.25, 0.3) is 0 Å². The van der Waals surface area contributed by atoms with Gasteiger partial charge in [0.25, 0.3) is 5.91 Å². The number of hydrogen-bond acceptors (Lipinski definition) is 2. The van der Waals surface area contributed by atoms with Gasteiger partial charge in [-0.2, -0.15) is 0 Å². The number of benzene rings is 1. The van der Waals surface area contributed by atoms with Crippen molar-refractivity contribution in [3.8, 4) is 0 Å². The molecule has 1 unspecified atom stereocenters. The summed E-state index contributed by atoms with van der Waals surface area (Å²) < 4.78 is 13.0. The Morgan fingerprint density at radius 1 is 1.47 bits per heavy atom. The molecule has 0 saturated carbocycles. The monoisotopic (exact) mass is 236 g/mol. The van der Waals surface area contributed by atoms with Crippen molar-refractivity contribution in [1.82, 2.24) is 9.80 Å². The van der Waals surface area contributed by atoms with E-state index in [-0.39, 0.29) is 11.7 Å². The molecule has 1 aromatic rings. The molecule has 0 aromatic heterocycles. The predicted molar refractivity (Wildman–Crippen MR) is 64.4 cm³/mol. The Morgan fingerprint density at radius 2 is 2.24 bits per heavy atom. The maximum atomic E-state index is 13.0. The summed E-state index contributed by atoms with van der Waals surface area (Å²) in [6.07, 6.45) is 0.980. The molecule has 1 aromatic carbocycles. The first-order valence-electron chi connectivity index (χ1n) is 5.79. The first-order chi connectivity index (χ1) is 8.08. The van der Waals surface area contributed by atoms with Gasteiger partial charge in [0.1, 0.15) is 5.82 Å². The molecule has 0 aliphatic carbocycles. The highest BCUT2D eigenvalue weighted by Gasteiger charge is 2.27. The molecule has 17 heavy (non-hydrogen) atoms. The molecule has 1 atom stereocenters. The lowest BCUT2D eigenvalue weighted by Gasteiger charge is -2.20. The van der Waals surface area contributed by atoms with Crippen molar-refractivity contribution in [3.05, 3.63) is 35.6 Å². The number of hydrogen-bond donors (Lipinski definition) is 0. The van der Waals surface area contributed by atoms with Crippen LogP contribution < -0.4 is 0 Å². The van der Waals surface area contributed by atoms with Gasteiger partial charge in [-0.3, -0.25) is 4.79 Å². The Hall–Kier alpha value is -1.42. The molecule has 0 bridgehead atoms. The van der Waals surface area contributed by atoms with E-state index in [4.69, 9.17) is 0 Å². The van der Waals surface area contributed by atoms with Crippen LogP contribution in [0.5, 0.6) is 0 Å². The van der Waals surface area contributed by atoms with Crippen LogP contribution in [0.3, 0.4) is 0 Å². The number of rotatable bonds is 2. The van der Waals surface area contributed by atoms with Crippen LogP contribution in [0.1, 0.15) is 16.8 Å². The highest BCUT2D eigenvalue weighted by molar-refractivity contribution is 5.94. The second-order valence-electron chi connectivity index (χ2n) is 4.67. The van der Waals surface area contributed by atoms with E-state index < -0.39 is 0 Å². The van der Waals surface area contributed by atoms with Gasteiger partial charge in [0.2, 0.25) is 0 Å². The fraction of sp³-hybridized carbons (Fsp3) is 0.462. The second-order valence-corrected chi connectivity index (χ2v) is 4.67. The van der Waals surface area contributed by atoms with Gasteiger partial charge >= 0.3 is 0 Å². The normalized spacial score (nSPS) is 20.0. The second kappa shape index (κ2) is 4.84. The van der Waals surface area contributed by atoms with Crippen molar-refractivity contribution in [2.45, 2.75) is 12.5 Å². The van der Waals surface area contributed by atoms with Crippen LogP contribution >= 0.6 is 0 Å². The third kappa shape index (κ3) is 2.64. The lowest BCUT2D eigenvalue weighted by molar-refractivity contribution is 0.0782. The molecule has 1 saturated heterocycles. The largest absolute Gasteiger partial charge is 0.337 e. The Morgan fingerprint density at radius 3 is 2.82 bits per heavy atom. The van der Waals surface area contributed by atoms with Crippen LogP contribution in [-0.4, -0.2) is 48.9 Å². The molecule has 0 N–H and O–H groups in total. The molecule has 1 amide bonds. The van der Waals surface area contributed by atoms with Gasteiger partial charge < -0.3 is 9.80 Å². The number of carbonyl (C=O) groups excluding carboxylic acids is 1. The number of likely N-dealkylation sites (tertiary alicyclic amines) is 1. The Kier molecular flexibility index (Phi) is 3.43. The molecule has 1 fully saturated rings. The van der Waals surface area contributed by atoms with E-state index in [2.05, 4.69) is 4.90 Å². The maximum Gasteiger partial charge on any atom is 0.254 e. The molecule has 0 spiro atoms. The summed E-state index contributed by atoms with van der Waals surface area (Å²) in [6, 6.07) is 6.29. The van der Waals surface area contributed by atoms with Gasteiger partial charge in [-0.05, 0) is 38.7 Å². The molecular formula is C13H17FN2O. The van der Waals surface area contributed by atoms with Gasteiger partial charge in [-0.25, -0.2) is 4.39 Å². The average Bonchev–Trinajstić information content (AvgIpc) is 2.77. The Labute approximate surface area is 101 Å². The van der Waals surface area contributed by atoms with E-state index in [1.54, 1.807) is 17.0 Å². The topological polar surface area (TPSA) is 23.6 Å². The molecule has 3 nitrogen and oxygen atoms in total. The molecule has 92 valence electrons. The lowest BCUT2D eigenvalue weighted by Crippen LogP contribution is -2.34. The molecule has 1 aliphatic rings. The van der Waals surface area contributed by atoms with E-state index >= 15 is 0 Å². The van der Waals surface area contributed by atoms with Crippen LogP contribution in [0.2, 0.25) is 0 Å². The van der Waals surface area contributed by atoms with Gasteiger partial charge in [0, 0.05) is 24.7 Å². The van der Waals surface area contributed by atoms with Crippen molar-refractivity contribution < 1.29 is 9.18 Å². The van der Waals surface area contributed by atoms with E-state index in [1.807, 2.05) is 14.1 Å². The summed E-state index contributed by atoms with van der Waals surface area (Å²) in [4.78, 5) is 16.0. The van der Waals surface area contributed by atoms with Crippen molar-refractivity contribution in [1.29, 1.82) is 0 Å². The van der Waals surface area contributed by atoms with Crippen LogP contribution in [-0.2, 0) is 0 Å². The van der Waals surface area contributed by atoms with Crippen molar-refractivity contribution in [2.75, 3.05) is 27.2 Å². The van der Waals surface area contributed by atoms with E-state index in [9.17, 15) is 9.18 Å². The third-order valence-corrected chi connectivity index (χ3v) is 3.25. The minimum Gasteiger partial charge on any atom is -0.337 e. The summed E-state index contributed by atoms with van der Waals surface area (Å²) in [6.45, 7) is 1.47. The van der Waals surface area contributed by atoms with E-state index in [0.29, 0.717) is 11.6 Å². The van der Waals surface area contributed by atoms with E-state index in [0.717, 1.165) is 19.5 Å². The van der Waals surface area contributed by atoms with Crippen LogP contribution in [0, 0.1) is 5.82 Å². The van der Waals surface area contributed by atoms with Crippen LogP contribution in [0.4, 0.5) is 4.39 Å². The molecule has 4 heteroatoms. The smallest absolute Gasteiger partial charge is 0.254 e. The quantitative estimate of drug-likeness (QED) is 0.778. The SMILES string of the molecule is CN(C)C1CCN(C(=O)c2cccc(F)c2)C1. The molecule has 2 rings (SSSR count). The van der Waals surface area contributed by atoms with Crippen molar-refractivity contribution in [3.63, 3.8) is 0 Å². The summed E-state index contributed by atoms with van der Waals surface area (Å²) in [5.74, 6) is -0.437. The average molecular weight is 236 g/mol. The molecule has 0 radical (unpaired) electrons. The third-order valence-electron chi connectivity index (χ3n) is 3.25. The fourth-order valence-corrected chi connectivity index (χ4v) is 2.15. The standard InChI is InChI=1S/C13H17FN2O/c1-15(2)12-6-7-16(9-12)13(17)10-4-3-5-11(14)8-10/h3-5,8,12H,6-7,9H2,1-2H3. The minimum atomic E-state index is -0.362. The fourth-order valence-electron chi connectivity index (χ4n) is 2.15. The van der Waals surface area contributed by atoms with Crippen molar-refractivity contribution >= 4 is 5.91 Å². The molecule has 1 aliphatic heterocycles. The Balaban J connectivity index is 2.07. The maximum absolute atomic E-state index is 13.0. The summed E-state index contributed by atoms with van der Waals surface area (Å²) in [5, 5.41) is 0. The van der Waals surface area contributed by atoms with Crippen LogP contribution in [0.15, 0.2) is 24.3 Å². The van der Waals surface area contributed by atoms with Gasteiger partial charge in [0.05, 0.1) is 0 Å². The number of carbonyl (C=O) groups is 1. The first-order valence-corrected chi connectivity index (χ1v) is 5.79. The number of halogens is 1. The van der Waals surface area contributed by atoms with Gasteiger partial charge in [-0.1, -0.05) is 6.07 Å². The summed E-state index contributed by atoms with van der Waals surface area (Å²) in [5.41, 5.74) is 0.435. The predicted octanol–water partition coefficient (Wildman–Crippen LogP) is 1.60. The number of likely N-dealkylation sites (N-methyl/N-ethyl adjacent to an activating group) is 1. The summed E-state index contributed by atoms with van der Waals surface area (Å²) in [7, 11) is 4.03. The van der Waals surface area contributed by atoms with Crippen molar-refractivity contribution in [2.24, 2.45) is 0 Å². The minimum absolute atomic E-state index is 0.0751. The zero-order valence-corrected chi connectivity index (χ0v) is 10.2. The van der Waals surface area contributed by atoms with Gasteiger partial charge in [-0.15, -0.1) is 0 Å². The zero-order chi connectivity index (χ0) is 12.4. The number of amides is 1. The molecular weight excluding hydrogens is 219 g/mol. The zero-order valence-electron chi connectivity index (χ0n) is 10.2. The lowest BCUT2D eigenvalue weighted by atomic mass is 10.2. The number of nitrogens with zero attached hydrogens (tertiary/aromatic N) is 2. The highest BCUT2D eigenvalue weighted by atomic mass is 19.1.